The Hall–Kier alpha value is -0.320. The van der Waals surface area contributed by atoms with Gasteiger partial charge in [-0.15, -0.1) is 12.4 Å². The molecule has 1 rings (SSSR count). The van der Waals surface area contributed by atoms with Gasteiger partial charge in [0.15, 0.2) is 0 Å². The van der Waals surface area contributed by atoms with Crippen molar-refractivity contribution in [1.29, 1.82) is 0 Å². The average Bonchev–Trinajstić information content (AvgIpc) is 3.00. The van der Waals surface area contributed by atoms with E-state index >= 15 is 0 Å². The number of halogens is 1. The number of carbonyl (C=O) groups is 1. The molecule has 0 heterocycles. The number of nitrogens with zero attached hydrogens (tertiary/aromatic N) is 1. The summed E-state index contributed by atoms with van der Waals surface area (Å²) in [5.41, 5.74) is 5.74. The van der Waals surface area contributed by atoms with Crippen LogP contribution in [0.25, 0.3) is 0 Å². The Morgan fingerprint density at radius 1 is 1.47 bits per heavy atom. The standard InChI is InChI=1S/C12H25N3O.ClH/c1-9(2)7-14-12(16)8-15(3)11(6-13)10-4-5-10;/h9-11H,4-8,13H2,1-3H3,(H,14,16);1H. The van der Waals surface area contributed by atoms with Crippen LogP contribution in [0.3, 0.4) is 0 Å². The molecule has 1 amide bonds. The first kappa shape index (κ1) is 16.7. The van der Waals surface area contributed by atoms with Crippen molar-refractivity contribution in [2.75, 3.05) is 26.7 Å². The van der Waals surface area contributed by atoms with Crippen LogP contribution in [0.5, 0.6) is 0 Å². The van der Waals surface area contributed by atoms with E-state index < -0.39 is 0 Å². The monoisotopic (exact) mass is 263 g/mol. The van der Waals surface area contributed by atoms with Gasteiger partial charge in [0.1, 0.15) is 0 Å². The Kier molecular flexibility index (Phi) is 7.75. The van der Waals surface area contributed by atoms with Crippen molar-refractivity contribution in [2.24, 2.45) is 17.6 Å². The third-order valence-corrected chi connectivity index (χ3v) is 3.07. The van der Waals surface area contributed by atoms with E-state index in [0.29, 0.717) is 31.0 Å². The van der Waals surface area contributed by atoms with Gasteiger partial charge in [0.05, 0.1) is 6.54 Å². The van der Waals surface area contributed by atoms with Crippen LogP contribution in [0.2, 0.25) is 0 Å². The molecule has 17 heavy (non-hydrogen) atoms. The number of rotatable bonds is 7. The highest BCUT2D eigenvalue weighted by molar-refractivity contribution is 5.85. The van der Waals surface area contributed by atoms with E-state index in [0.717, 1.165) is 6.54 Å². The van der Waals surface area contributed by atoms with Crippen LogP contribution in [0.1, 0.15) is 26.7 Å². The molecule has 1 aliphatic rings. The molecule has 102 valence electrons. The maximum absolute atomic E-state index is 11.6. The van der Waals surface area contributed by atoms with E-state index in [9.17, 15) is 4.79 Å². The number of amides is 1. The fourth-order valence-electron chi connectivity index (χ4n) is 1.93. The van der Waals surface area contributed by atoms with Gasteiger partial charge in [-0.3, -0.25) is 9.69 Å². The van der Waals surface area contributed by atoms with Crippen LogP contribution >= 0.6 is 12.4 Å². The zero-order chi connectivity index (χ0) is 12.1. The van der Waals surface area contributed by atoms with E-state index in [1.165, 1.54) is 12.8 Å². The summed E-state index contributed by atoms with van der Waals surface area (Å²) in [6.45, 7) is 6.06. The predicted octanol–water partition coefficient (Wildman–Crippen LogP) is 0.849. The second-order valence-corrected chi connectivity index (χ2v) is 5.25. The lowest BCUT2D eigenvalue weighted by Crippen LogP contribution is -2.45. The van der Waals surface area contributed by atoms with Crippen molar-refractivity contribution in [2.45, 2.75) is 32.7 Å². The highest BCUT2D eigenvalue weighted by atomic mass is 35.5. The lowest BCUT2D eigenvalue weighted by molar-refractivity contribution is -0.122. The van der Waals surface area contributed by atoms with Gasteiger partial charge in [-0.25, -0.2) is 0 Å². The smallest absolute Gasteiger partial charge is 0.234 e. The molecule has 0 aromatic rings. The quantitative estimate of drug-likeness (QED) is 0.716. The molecule has 0 aromatic carbocycles. The van der Waals surface area contributed by atoms with Crippen molar-refractivity contribution >= 4 is 18.3 Å². The number of likely N-dealkylation sites (N-methyl/N-ethyl adjacent to an activating group) is 1. The summed E-state index contributed by atoms with van der Waals surface area (Å²) in [5.74, 6) is 1.33. The van der Waals surface area contributed by atoms with Gasteiger partial charge in [0.25, 0.3) is 0 Å². The molecule has 3 N–H and O–H groups in total. The maximum Gasteiger partial charge on any atom is 0.234 e. The molecule has 0 spiro atoms. The first-order valence-electron chi connectivity index (χ1n) is 6.21. The second-order valence-electron chi connectivity index (χ2n) is 5.25. The van der Waals surface area contributed by atoms with E-state index in [-0.39, 0.29) is 18.3 Å². The molecule has 1 aliphatic carbocycles. The Labute approximate surface area is 111 Å². The first-order chi connectivity index (χ1) is 7.54. The Balaban J connectivity index is 0.00000256. The normalized spacial score (nSPS) is 16.8. The largest absolute Gasteiger partial charge is 0.355 e. The van der Waals surface area contributed by atoms with Crippen molar-refractivity contribution in [1.82, 2.24) is 10.2 Å². The molecule has 0 aliphatic heterocycles. The van der Waals surface area contributed by atoms with Crippen LogP contribution < -0.4 is 11.1 Å². The van der Waals surface area contributed by atoms with E-state index in [4.69, 9.17) is 5.73 Å². The van der Waals surface area contributed by atoms with Gasteiger partial charge in [-0.05, 0) is 31.7 Å². The summed E-state index contributed by atoms with van der Waals surface area (Å²) in [4.78, 5) is 13.7. The summed E-state index contributed by atoms with van der Waals surface area (Å²) < 4.78 is 0. The van der Waals surface area contributed by atoms with Crippen LogP contribution in [-0.4, -0.2) is 43.5 Å². The van der Waals surface area contributed by atoms with Gasteiger partial charge in [-0.1, -0.05) is 13.8 Å². The molecule has 1 fully saturated rings. The minimum absolute atomic E-state index is 0. The number of nitrogens with one attached hydrogen (secondary N) is 1. The summed E-state index contributed by atoms with van der Waals surface area (Å²) in [7, 11) is 1.99. The Morgan fingerprint density at radius 3 is 2.47 bits per heavy atom. The van der Waals surface area contributed by atoms with Crippen molar-refractivity contribution in [3.8, 4) is 0 Å². The van der Waals surface area contributed by atoms with Gasteiger partial charge < -0.3 is 11.1 Å². The molecule has 1 unspecified atom stereocenters. The minimum Gasteiger partial charge on any atom is -0.355 e. The predicted molar refractivity (Wildman–Crippen MR) is 73.3 cm³/mol. The number of carbonyl (C=O) groups excluding carboxylic acids is 1. The first-order valence-corrected chi connectivity index (χ1v) is 6.21. The van der Waals surface area contributed by atoms with Crippen LogP contribution in [-0.2, 0) is 4.79 Å². The third kappa shape index (κ3) is 6.24. The molecule has 1 saturated carbocycles. The summed E-state index contributed by atoms with van der Waals surface area (Å²) in [6, 6.07) is 0.379. The highest BCUT2D eigenvalue weighted by Crippen LogP contribution is 2.34. The fraction of sp³-hybridized carbons (Fsp3) is 0.917. The highest BCUT2D eigenvalue weighted by Gasteiger charge is 2.33. The maximum atomic E-state index is 11.6. The van der Waals surface area contributed by atoms with E-state index in [2.05, 4.69) is 24.1 Å². The molecule has 4 nitrogen and oxygen atoms in total. The average molecular weight is 264 g/mol. The van der Waals surface area contributed by atoms with Crippen molar-refractivity contribution < 1.29 is 4.79 Å². The molecule has 0 radical (unpaired) electrons. The molecular formula is C12H26ClN3O. The van der Waals surface area contributed by atoms with Crippen molar-refractivity contribution in [3.05, 3.63) is 0 Å². The molecule has 0 aromatic heterocycles. The van der Waals surface area contributed by atoms with Gasteiger partial charge in [0.2, 0.25) is 5.91 Å². The van der Waals surface area contributed by atoms with Gasteiger partial charge in [0, 0.05) is 19.1 Å². The number of hydrogen-bond acceptors (Lipinski definition) is 3. The van der Waals surface area contributed by atoms with Crippen molar-refractivity contribution in [3.63, 3.8) is 0 Å². The van der Waals surface area contributed by atoms with Gasteiger partial charge >= 0.3 is 0 Å². The van der Waals surface area contributed by atoms with Crippen LogP contribution in [0.15, 0.2) is 0 Å². The summed E-state index contributed by atoms with van der Waals surface area (Å²) in [6.07, 6.45) is 2.53. The van der Waals surface area contributed by atoms with E-state index in [1.54, 1.807) is 0 Å². The lowest BCUT2D eigenvalue weighted by Gasteiger charge is -2.26. The Bertz CT molecular complexity index is 232. The molecule has 1 atom stereocenters. The molecule has 0 bridgehead atoms. The van der Waals surface area contributed by atoms with Gasteiger partial charge in [-0.2, -0.15) is 0 Å². The number of hydrogen-bond donors (Lipinski definition) is 2. The van der Waals surface area contributed by atoms with E-state index in [1.807, 2.05) is 7.05 Å². The lowest BCUT2D eigenvalue weighted by atomic mass is 10.1. The number of nitrogens with two attached hydrogens (primary N) is 1. The van der Waals surface area contributed by atoms with Crippen LogP contribution in [0.4, 0.5) is 0 Å². The molecule has 0 saturated heterocycles. The Morgan fingerprint density at radius 2 is 2.06 bits per heavy atom. The topological polar surface area (TPSA) is 58.4 Å². The van der Waals surface area contributed by atoms with Crippen LogP contribution in [0, 0.1) is 11.8 Å². The molecule has 5 heteroatoms. The SMILES string of the molecule is CC(C)CNC(=O)CN(C)C(CN)C1CC1.Cl. The third-order valence-electron chi connectivity index (χ3n) is 3.07. The zero-order valence-electron chi connectivity index (χ0n) is 11.1. The zero-order valence-corrected chi connectivity index (χ0v) is 11.9. The summed E-state index contributed by atoms with van der Waals surface area (Å²) >= 11 is 0. The molecular weight excluding hydrogens is 238 g/mol. The minimum atomic E-state index is 0. The second kappa shape index (κ2) is 7.90. The fourth-order valence-corrected chi connectivity index (χ4v) is 1.93. The summed E-state index contributed by atoms with van der Waals surface area (Å²) in [5, 5.41) is 2.93.